The van der Waals surface area contributed by atoms with Crippen LogP contribution >= 0.6 is 0 Å². The molecule has 1 rings (SSSR count). The maximum absolute atomic E-state index is 13.7. The summed E-state index contributed by atoms with van der Waals surface area (Å²) in [4.78, 5) is 2.09. The van der Waals surface area contributed by atoms with Gasteiger partial charge in [0.05, 0.1) is 6.61 Å². The van der Waals surface area contributed by atoms with Crippen LogP contribution in [0.2, 0.25) is 0 Å². The van der Waals surface area contributed by atoms with Gasteiger partial charge in [0, 0.05) is 31.8 Å². The Labute approximate surface area is 109 Å². The van der Waals surface area contributed by atoms with Crippen LogP contribution in [0.4, 0.5) is 4.39 Å². The van der Waals surface area contributed by atoms with E-state index < -0.39 is 0 Å². The fraction of sp³-hybridized carbons (Fsp3) is 0.571. The molecule has 1 aromatic carbocycles. The van der Waals surface area contributed by atoms with E-state index in [1.807, 2.05) is 26.2 Å². The third-order valence-electron chi connectivity index (χ3n) is 3.07. The molecule has 0 aliphatic heterocycles. The van der Waals surface area contributed by atoms with Crippen molar-refractivity contribution in [3.63, 3.8) is 0 Å². The van der Waals surface area contributed by atoms with E-state index in [0.717, 1.165) is 17.7 Å². The van der Waals surface area contributed by atoms with Crippen molar-refractivity contribution in [2.75, 3.05) is 27.8 Å². The number of nitrogens with zero attached hydrogens (tertiary/aromatic N) is 1. The smallest absolute Gasteiger partial charge is 0.127 e. The van der Waals surface area contributed by atoms with Crippen molar-refractivity contribution in [2.24, 2.45) is 0 Å². The molecule has 0 saturated carbocycles. The standard InChI is InChI=1S/C14H23FN2O/c1-11(10-18-4)17(3)9-13-7-12(8-16-2)5-6-14(13)15/h5-7,11,16H,8-10H2,1-4H3. The van der Waals surface area contributed by atoms with Crippen LogP contribution in [0.5, 0.6) is 0 Å². The van der Waals surface area contributed by atoms with E-state index in [0.29, 0.717) is 13.2 Å². The zero-order valence-corrected chi connectivity index (χ0v) is 11.7. The van der Waals surface area contributed by atoms with Crippen molar-refractivity contribution < 1.29 is 9.13 Å². The van der Waals surface area contributed by atoms with Crippen molar-refractivity contribution in [2.45, 2.75) is 26.1 Å². The maximum Gasteiger partial charge on any atom is 0.127 e. The minimum absolute atomic E-state index is 0.147. The monoisotopic (exact) mass is 254 g/mol. The number of methoxy groups -OCH3 is 1. The van der Waals surface area contributed by atoms with Crippen molar-refractivity contribution in [3.05, 3.63) is 35.1 Å². The molecule has 0 amide bonds. The first-order valence-electron chi connectivity index (χ1n) is 6.19. The number of hydrogen-bond donors (Lipinski definition) is 1. The van der Waals surface area contributed by atoms with Crippen LogP contribution in [-0.2, 0) is 17.8 Å². The molecule has 0 aromatic heterocycles. The fourth-order valence-corrected chi connectivity index (χ4v) is 1.86. The molecular weight excluding hydrogens is 231 g/mol. The van der Waals surface area contributed by atoms with Gasteiger partial charge in [0.2, 0.25) is 0 Å². The number of nitrogens with one attached hydrogen (secondary N) is 1. The molecular formula is C14H23FN2O. The molecule has 18 heavy (non-hydrogen) atoms. The van der Waals surface area contributed by atoms with Crippen LogP contribution in [0.1, 0.15) is 18.1 Å². The zero-order chi connectivity index (χ0) is 13.5. The summed E-state index contributed by atoms with van der Waals surface area (Å²) < 4.78 is 18.9. The van der Waals surface area contributed by atoms with E-state index in [1.54, 1.807) is 7.11 Å². The lowest BCUT2D eigenvalue weighted by Gasteiger charge is -2.24. The summed E-state index contributed by atoms with van der Waals surface area (Å²) in [6.45, 7) is 4.06. The summed E-state index contributed by atoms with van der Waals surface area (Å²) in [6.07, 6.45) is 0. The SMILES string of the molecule is CNCc1ccc(F)c(CN(C)C(C)COC)c1. The summed E-state index contributed by atoms with van der Waals surface area (Å²) >= 11 is 0. The molecule has 1 N–H and O–H groups in total. The Morgan fingerprint density at radius 1 is 1.44 bits per heavy atom. The highest BCUT2D eigenvalue weighted by molar-refractivity contribution is 5.25. The molecule has 1 unspecified atom stereocenters. The first-order valence-corrected chi connectivity index (χ1v) is 6.19. The summed E-state index contributed by atoms with van der Waals surface area (Å²) in [5.41, 5.74) is 1.83. The van der Waals surface area contributed by atoms with E-state index in [9.17, 15) is 4.39 Å². The molecule has 1 atom stereocenters. The highest BCUT2D eigenvalue weighted by Gasteiger charge is 2.12. The van der Waals surface area contributed by atoms with Crippen molar-refractivity contribution in [1.82, 2.24) is 10.2 Å². The van der Waals surface area contributed by atoms with E-state index in [-0.39, 0.29) is 11.9 Å². The van der Waals surface area contributed by atoms with Crippen molar-refractivity contribution in [3.8, 4) is 0 Å². The molecule has 0 heterocycles. The molecule has 0 radical (unpaired) electrons. The van der Waals surface area contributed by atoms with Crippen LogP contribution in [-0.4, -0.2) is 38.8 Å². The molecule has 0 spiro atoms. The minimum Gasteiger partial charge on any atom is -0.383 e. The first-order chi connectivity index (χ1) is 8.58. The average Bonchev–Trinajstić information content (AvgIpc) is 2.34. The molecule has 0 fully saturated rings. The summed E-state index contributed by atoms with van der Waals surface area (Å²) in [6, 6.07) is 5.54. The van der Waals surface area contributed by atoms with Gasteiger partial charge in [0.25, 0.3) is 0 Å². The Balaban J connectivity index is 2.73. The molecule has 102 valence electrons. The van der Waals surface area contributed by atoms with Crippen LogP contribution in [0.25, 0.3) is 0 Å². The van der Waals surface area contributed by atoms with Gasteiger partial charge in [-0.1, -0.05) is 12.1 Å². The Bertz CT molecular complexity index is 371. The third-order valence-corrected chi connectivity index (χ3v) is 3.07. The number of hydrogen-bond acceptors (Lipinski definition) is 3. The normalized spacial score (nSPS) is 13.0. The highest BCUT2D eigenvalue weighted by atomic mass is 19.1. The molecule has 4 heteroatoms. The van der Waals surface area contributed by atoms with Crippen LogP contribution < -0.4 is 5.32 Å². The van der Waals surface area contributed by atoms with E-state index in [4.69, 9.17) is 4.74 Å². The van der Waals surface area contributed by atoms with Gasteiger partial charge < -0.3 is 10.1 Å². The minimum atomic E-state index is -0.147. The van der Waals surface area contributed by atoms with Gasteiger partial charge in [-0.3, -0.25) is 4.90 Å². The molecule has 0 bridgehead atoms. The van der Waals surface area contributed by atoms with Gasteiger partial charge >= 0.3 is 0 Å². The van der Waals surface area contributed by atoms with Crippen LogP contribution in [0.15, 0.2) is 18.2 Å². The van der Waals surface area contributed by atoms with Crippen LogP contribution in [0.3, 0.4) is 0 Å². The number of rotatable bonds is 7. The Kier molecular flexibility index (Phi) is 6.25. The number of halogens is 1. The quantitative estimate of drug-likeness (QED) is 0.805. The molecule has 0 saturated heterocycles. The Morgan fingerprint density at radius 3 is 2.78 bits per heavy atom. The molecule has 1 aromatic rings. The largest absolute Gasteiger partial charge is 0.383 e. The predicted octanol–water partition coefficient (Wildman–Crippen LogP) is 2.01. The second kappa shape index (κ2) is 7.46. The predicted molar refractivity (Wildman–Crippen MR) is 72.0 cm³/mol. The summed E-state index contributed by atoms with van der Waals surface area (Å²) in [5, 5.41) is 3.07. The van der Waals surface area contributed by atoms with E-state index >= 15 is 0 Å². The third kappa shape index (κ3) is 4.37. The van der Waals surface area contributed by atoms with Gasteiger partial charge in [0.15, 0.2) is 0 Å². The van der Waals surface area contributed by atoms with Crippen molar-refractivity contribution >= 4 is 0 Å². The van der Waals surface area contributed by atoms with E-state index in [2.05, 4.69) is 17.1 Å². The van der Waals surface area contributed by atoms with Crippen LogP contribution in [0, 0.1) is 5.82 Å². The van der Waals surface area contributed by atoms with Gasteiger partial charge in [-0.05, 0) is 32.6 Å². The zero-order valence-electron chi connectivity index (χ0n) is 11.7. The lowest BCUT2D eigenvalue weighted by atomic mass is 10.1. The van der Waals surface area contributed by atoms with Crippen molar-refractivity contribution in [1.29, 1.82) is 0 Å². The first kappa shape index (κ1) is 15.1. The molecule has 3 nitrogen and oxygen atoms in total. The maximum atomic E-state index is 13.7. The van der Waals surface area contributed by atoms with Gasteiger partial charge in [0.1, 0.15) is 5.82 Å². The summed E-state index contributed by atoms with van der Waals surface area (Å²) in [5.74, 6) is -0.147. The second-order valence-corrected chi connectivity index (χ2v) is 4.68. The van der Waals surface area contributed by atoms with Gasteiger partial charge in [-0.15, -0.1) is 0 Å². The summed E-state index contributed by atoms with van der Waals surface area (Å²) in [7, 11) is 5.54. The van der Waals surface area contributed by atoms with E-state index in [1.165, 1.54) is 6.07 Å². The fourth-order valence-electron chi connectivity index (χ4n) is 1.86. The van der Waals surface area contributed by atoms with Gasteiger partial charge in [-0.2, -0.15) is 0 Å². The second-order valence-electron chi connectivity index (χ2n) is 4.68. The lowest BCUT2D eigenvalue weighted by molar-refractivity contribution is 0.111. The van der Waals surface area contributed by atoms with Gasteiger partial charge in [-0.25, -0.2) is 4.39 Å². The average molecular weight is 254 g/mol. The lowest BCUT2D eigenvalue weighted by Crippen LogP contribution is -2.32. The molecule has 0 aliphatic carbocycles. The molecule has 0 aliphatic rings. The number of benzene rings is 1. The highest BCUT2D eigenvalue weighted by Crippen LogP contribution is 2.14. The topological polar surface area (TPSA) is 24.5 Å². The number of likely N-dealkylation sites (N-methyl/N-ethyl adjacent to an activating group) is 1. The Hall–Kier alpha value is -0.970. The number of ether oxygens (including phenoxy) is 1. The Morgan fingerprint density at radius 2 is 2.17 bits per heavy atom.